The van der Waals surface area contributed by atoms with Crippen LogP contribution in [0.2, 0.25) is 18.1 Å². The van der Waals surface area contributed by atoms with Crippen molar-refractivity contribution in [3.63, 3.8) is 0 Å². The molecular formula is C36H43IN2O7Si. The van der Waals surface area contributed by atoms with Crippen LogP contribution in [-0.4, -0.2) is 54.9 Å². The highest BCUT2D eigenvalue weighted by atomic mass is 127. The number of aromatic amines is 1. The number of halogens is 1. The van der Waals surface area contributed by atoms with Crippen molar-refractivity contribution in [2.75, 3.05) is 20.8 Å². The fourth-order valence-corrected chi connectivity index (χ4v) is 12.5. The lowest BCUT2D eigenvalue weighted by atomic mass is 9.80. The molecule has 3 atom stereocenters. The van der Waals surface area contributed by atoms with Gasteiger partial charge in [0.2, 0.25) is 0 Å². The molecule has 0 bridgehead atoms. The van der Waals surface area contributed by atoms with Gasteiger partial charge in [0.25, 0.3) is 5.56 Å². The number of aliphatic hydroxyl groups is 1. The second-order valence-corrected chi connectivity index (χ2v) is 18.7. The van der Waals surface area contributed by atoms with Crippen molar-refractivity contribution in [1.29, 1.82) is 0 Å². The van der Waals surface area contributed by atoms with E-state index in [1.54, 1.807) is 14.2 Å². The molecule has 9 nitrogen and oxygen atoms in total. The SMILES string of the molecule is CC[Si](CC)(CC)[C@]1(O)C[C@H](n2cc(I)c(=O)[nH]c2=O)O[C@@H]1COC(c1ccccc1)(c1ccc(OC)cc1)c1ccc(OC)cc1. The molecule has 0 amide bonds. The van der Waals surface area contributed by atoms with Crippen LogP contribution in [0.3, 0.4) is 0 Å². The van der Waals surface area contributed by atoms with Gasteiger partial charge >= 0.3 is 5.69 Å². The molecule has 0 saturated carbocycles. The van der Waals surface area contributed by atoms with Gasteiger partial charge < -0.3 is 24.1 Å². The van der Waals surface area contributed by atoms with E-state index in [0.29, 0.717) is 15.1 Å². The maximum Gasteiger partial charge on any atom is 0.330 e. The summed E-state index contributed by atoms with van der Waals surface area (Å²) in [4.78, 5) is 27.6. The van der Waals surface area contributed by atoms with E-state index in [1.807, 2.05) is 101 Å². The van der Waals surface area contributed by atoms with Gasteiger partial charge in [0.1, 0.15) is 29.4 Å². The molecule has 5 rings (SSSR count). The molecule has 3 aromatic carbocycles. The molecule has 1 aromatic heterocycles. The first kappa shape index (κ1) is 35.1. The Labute approximate surface area is 290 Å². The number of aromatic nitrogens is 2. The summed E-state index contributed by atoms with van der Waals surface area (Å²) < 4.78 is 26.6. The molecule has 2 N–H and O–H groups in total. The Morgan fingerprint density at radius 1 is 0.894 bits per heavy atom. The lowest BCUT2D eigenvalue weighted by Crippen LogP contribution is -2.63. The molecule has 0 spiro atoms. The standard InChI is InChI=1S/C36H43IN2O7Si/c1-6-47(7-2,8-3)35(42)22-32(39-23-30(37)33(40)38-34(39)41)46-31(35)24-45-36(25-12-10-9-11-13-25,26-14-18-28(43-4)19-15-26)27-16-20-29(44-5)21-17-27/h9-21,23,31-32,42H,6-8,22,24H2,1-5H3,(H,38,40,41)/t31-,32-,35-/m1/s1. The quantitative estimate of drug-likeness (QED) is 0.0942. The average Bonchev–Trinajstić information content (AvgIpc) is 3.45. The fraction of sp³-hybridized carbons (Fsp3) is 0.389. The zero-order chi connectivity index (χ0) is 33.8. The summed E-state index contributed by atoms with van der Waals surface area (Å²) in [6.07, 6.45) is 0.187. The van der Waals surface area contributed by atoms with Crippen molar-refractivity contribution in [2.45, 2.75) is 68.5 Å². The Bertz CT molecular complexity index is 1700. The topological polar surface area (TPSA) is 112 Å². The third-order valence-electron chi connectivity index (χ3n) is 10.1. The van der Waals surface area contributed by atoms with Gasteiger partial charge in [0, 0.05) is 12.6 Å². The first-order valence-electron chi connectivity index (χ1n) is 16.0. The zero-order valence-electron chi connectivity index (χ0n) is 27.5. The summed E-state index contributed by atoms with van der Waals surface area (Å²) in [6.45, 7) is 6.45. The van der Waals surface area contributed by atoms with Crippen LogP contribution < -0.4 is 20.7 Å². The number of ether oxygens (including phenoxy) is 4. The Morgan fingerprint density at radius 3 is 1.89 bits per heavy atom. The van der Waals surface area contributed by atoms with E-state index < -0.39 is 42.5 Å². The van der Waals surface area contributed by atoms with E-state index in [-0.39, 0.29) is 13.0 Å². The van der Waals surface area contributed by atoms with Gasteiger partial charge in [0.15, 0.2) is 0 Å². The average molecular weight is 771 g/mol. The van der Waals surface area contributed by atoms with Crippen molar-refractivity contribution in [3.05, 3.63) is 126 Å². The fourth-order valence-electron chi connectivity index (χ4n) is 7.27. The summed E-state index contributed by atoms with van der Waals surface area (Å²) in [6, 6.07) is 28.1. The lowest BCUT2D eigenvalue weighted by molar-refractivity contribution is -0.104. The summed E-state index contributed by atoms with van der Waals surface area (Å²) in [5.41, 5.74) is 0.488. The summed E-state index contributed by atoms with van der Waals surface area (Å²) in [5.74, 6) is 1.43. The van der Waals surface area contributed by atoms with E-state index in [9.17, 15) is 14.7 Å². The number of nitrogens with zero attached hydrogens (tertiary/aromatic N) is 1. The molecule has 11 heteroatoms. The van der Waals surface area contributed by atoms with Crippen LogP contribution in [0.25, 0.3) is 0 Å². The van der Waals surface area contributed by atoms with Gasteiger partial charge in [-0.05, 0) is 63.5 Å². The normalized spacial score (nSPS) is 19.9. The van der Waals surface area contributed by atoms with Crippen LogP contribution in [0.4, 0.5) is 0 Å². The van der Waals surface area contributed by atoms with E-state index in [1.165, 1.54) is 10.8 Å². The first-order valence-corrected chi connectivity index (χ1v) is 19.7. The van der Waals surface area contributed by atoms with Gasteiger partial charge in [-0.2, -0.15) is 0 Å². The number of H-pyrrole nitrogens is 1. The van der Waals surface area contributed by atoms with Gasteiger partial charge in [0.05, 0.1) is 37.7 Å². The van der Waals surface area contributed by atoms with E-state index in [4.69, 9.17) is 18.9 Å². The summed E-state index contributed by atoms with van der Waals surface area (Å²) in [5, 5.41) is 11.7. The van der Waals surface area contributed by atoms with E-state index in [2.05, 4.69) is 25.8 Å². The predicted octanol–water partition coefficient (Wildman–Crippen LogP) is 6.23. The van der Waals surface area contributed by atoms with E-state index in [0.717, 1.165) is 34.8 Å². The zero-order valence-corrected chi connectivity index (χ0v) is 30.7. The second kappa shape index (κ2) is 14.5. The first-order chi connectivity index (χ1) is 22.6. The summed E-state index contributed by atoms with van der Waals surface area (Å²) >= 11 is 1.91. The van der Waals surface area contributed by atoms with Crippen molar-refractivity contribution < 1.29 is 24.1 Å². The molecule has 1 saturated heterocycles. The monoisotopic (exact) mass is 770 g/mol. The van der Waals surface area contributed by atoms with Crippen molar-refractivity contribution in [3.8, 4) is 11.5 Å². The Hall–Kier alpha value is -3.23. The molecule has 2 heterocycles. The maximum absolute atomic E-state index is 13.0. The molecule has 0 unspecified atom stereocenters. The van der Waals surface area contributed by atoms with Crippen molar-refractivity contribution in [2.24, 2.45) is 0 Å². The minimum absolute atomic E-state index is 0.0316. The van der Waals surface area contributed by atoms with Crippen LogP contribution >= 0.6 is 22.6 Å². The predicted molar refractivity (Wildman–Crippen MR) is 193 cm³/mol. The smallest absolute Gasteiger partial charge is 0.330 e. The number of hydrogen-bond donors (Lipinski definition) is 2. The molecule has 47 heavy (non-hydrogen) atoms. The Kier molecular flexibility index (Phi) is 10.8. The van der Waals surface area contributed by atoms with Crippen LogP contribution in [0, 0.1) is 3.57 Å². The molecule has 1 aliphatic heterocycles. The molecule has 1 fully saturated rings. The van der Waals surface area contributed by atoms with Crippen LogP contribution in [0.15, 0.2) is 94.6 Å². The van der Waals surface area contributed by atoms with Gasteiger partial charge in [-0.3, -0.25) is 14.3 Å². The largest absolute Gasteiger partial charge is 0.497 e. The molecule has 4 aromatic rings. The van der Waals surface area contributed by atoms with Crippen LogP contribution in [0.5, 0.6) is 11.5 Å². The Balaban J connectivity index is 1.67. The van der Waals surface area contributed by atoms with Gasteiger partial charge in [-0.1, -0.05) is 93.5 Å². The molecule has 250 valence electrons. The minimum atomic E-state index is -2.42. The number of hydrogen-bond acceptors (Lipinski definition) is 7. The molecular weight excluding hydrogens is 727 g/mol. The third-order valence-corrected chi connectivity index (χ3v) is 17.3. The van der Waals surface area contributed by atoms with Crippen molar-refractivity contribution in [1.82, 2.24) is 9.55 Å². The summed E-state index contributed by atoms with van der Waals surface area (Å²) in [7, 11) is 0.847. The number of rotatable bonds is 13. The second-order valence-electron chi connectivity index (χ2n) is 12.0. The maximum atomic E-state index is 13.0. The van der Waals surface area contributed by atoms with Crippen LogP contribution in [-0.2, 0) is 15.1 Å². The highest BCUT2D eigenvalue weighted by Crippen LogP contribution is 2.49. The van der Waals surface area contributed by atoms with Gasteiger partial charge in [-0.25, -0.2) is 4.79 Å². The number of nitrogens with one attached hydrogen (secondary N) is 1. The van der Waals surface area contributed by atoms with Gasteiger partial charge in [-0.15, -0.1) is 0 Å². The molecule has 0 radical (unpaired) electrons. The number of benzene rings is 3. The highest BCUT2D eigenvalue weighted by molar-refractivity contribution is 14.1. The molecule has 1 aliphatic rings. The highest BCUT2D eigenvalue weighted by Gasteiger charge is 2.60. The van der Waals surface area contributed by atoms with Crippen molar-refractivity contribution >= 4 is 30.7 Å². The third kappa shape index (κ3) is 6.35. The van der Waals surface area contributed by atoms with E-state index >= 15 is 0 Å². The molecule has 0 aliphatic carbocycles. The lowest BCUT2D eigenvalue weighted by Gasteiger charge is -2.46. The number of methoxy groups -OCH3 is 2. The Morgan fingerprint density at radius 2 is 1.40 bits per heavy atom. The minimum Gasteiger partial charge on any atom is -0.497 e. The van der Waals surface area contributed by atoms with Crippen LogP contribution in [0.1, 0.15) is 50.1 Å².